The van der Waals surface area contributed by atoms with Crippen molar-refractivity contribution in [2.24, 2.45) is 0 Å². The van der Waals surface area contributed by atoms with E-state index < -0.39 is 19.7 Å². The van der Waals surface area contributed by atoms with E-state index in [9.17, 15) is 16.8 Å². The van der Waals surface area contributed by atoms with E-state index >= 15 is 0 Å². The van der Waals surface area contributed by atoms with E-state index in [2.05, 4.69) is 0 Å². The van der Waals surface area contributed by atoms with Gasteiger partial charge in [0.2, 0.25) is 0 Å². The van der Waals surface area contributed by atoms with E-state index in [1.165, 1.54) is 6.26 Å². The van der Waals surface area contributed by atoms with Gasteiger partial charge in [-0.2, -0.15) is 0 Å². The maximum Gasteiger partial charge on any atom is 0.180 e. The zero-order valence-electron chi connectivity index (χ0n) is 12.9. The largest absolute Gasteiger partial charge is 0.229 e. The van der Waals surface area contributed by atoms with Crippen LogP contribution in [0, 0.1) is 6.92 Å². The van der Waals surface area contributed by atoms with Crippen molar-refractivity contribution in [2.75, 3.05) is 6.26 Å². The van der Waals surface area contributed by atoms with Crippen LogP contribution in [-0.2, 0) is 19.7 Å². The lowest BCUT2D eigenvalue weighted by Gasteiger charge is -2.07. The lowest BCUT2D eigenvalue weighted by Crippen LogP contribution is -2.13. The van der Waals surface area contributed by atoms with E-state index in [1.807, 2.05) is 19.1 Å². The van der Waals surface area contributed by atoms with E-state index in [0.717, 1.165) is 5.56 Å². The van der Waals surface area contributed by atoms with E-state index in [0.29, 0.717) is 4.90 Å². The maximum atomic E-state index is 11.6. The molecule has 0 spiro atoms. The molecule has 0 radical (unpaired) electrons. The highest BCUT2D eigenvalue weighted by Crippen LogP contribution is 2.15. The molecule has 20 heavy (non-hydrogen) atoms. The number of sulfone groups is 2. The fraction of sp³-hybridized carbons (Fsp3) is 0.571. The highest BCUT2D eigenvalue weighted by Gasteiger charge is 2.18. The van der Waals surface area contributed by atoms with Gasteiger partial charge in [0.15, 0.2) is 9.84 Å². The van der Waals surface area contributed by atoms with Gasteiger partial charge in [-0.3, -0.25) is 0 Å². The number of hydrogen-bond acceptors (Lipinski definition) is 4. The minimum atomic E-state index is -3.09. The Morgan fingerprint density at radius 3 is 1.40 bits per heavy atom. The number of benzene rings is 1. The summed E-state index contributed by atoms with van der Waals surface area (Å²) in [6, 6.07) is 6.94. The van der Waals surface area contributed by atoms with Crippen LogP contribution in [0.3, 0.4) is 0 Å². The normalized spacial score (nSPS) is 12.2. The third-order valence-corrected chi connectivity index (χ3v) is 6.71. The Morgan fingerprint density at radius 2 is 1.15 bits per heavy atom. The van der Waals surface area contributed by atoms with Gasteiger partial charge in [0.05, 0.1) is 15.4 Å². The quantitative estimate of drug-likeness (QED) is 0.858. The molecular weight excluding hydrogens is 296 g/mol. The number of hydrogen-bond donors (Lipinski definition) is 0. The summed E-state index contributed by atoms with van der Waals surface area (Å²) >= 11 is 0. The Bertz CT molecular complexity index is 610. The van der Waals surface area contributed by atoms with Crippen molar-refractivity contribution in [3.8, 4) is 0 Å². The average molecular weight is 320 g/mol. The van der Waals surface area contributed by atoms with Gasteiger partial charge in [-0.15, -0.1) is 0 Å². The van der Waals surface area contributed by atoms with Crippen LogP contribution in [0.2, 0.25) is 0 Å². The minimum Gasteiger partial charge on any atom is -0.229 e. The van der Waals surface area contributed by atoms with Gasteiger partial charge in [0.25, 0.3) is 0 Å². The van der Waals surface area contributed by atoms with E-state index in [-0.39, 0.29) is 10.5 Å². The monoisotopic (exact) mass is 320 g/mol. The highest BCUT2D eigenvalue weighted by molar-refractivity contribution is 7.92. The van der Waals surface area contributed by atoms with E-state index in [1.54, 1.807) is 39.8 Å². The molecule has 0 aliphatic rings. The van der Waals surface area contributed by atoms with Crippen molar-refractivity contribution in [3.05, 3.63) is 29.8 Å². The first-order valence-corrected chi connectivity index (χ1v) is 9.88. The molecule has 1 aromatic rings. The third-order valence-electron chi connectivity index (χ3n) is 2.83. The molecule has 0 aliphatic heterocycles. The van der Waals surface area contributed by atoms with Gasteiger partial charge >= 0.3 is 0 Å². The molecule has 6 heteroatoms. The van der Waals surface area contributed by atoms with Crippen LogP contribution in [-0.4, -0.2) is 33.6 Å². The molecule has 0 saturated heterocycles. The summed E-state index contributed by atoms with van der Waals surface area (Å²) in [6.45, 7) is 8.64. The molecule has 4 nitrogen and oxygen atoms in total. The predicted molar refractivity (Wildman–Crippen MR) is 83.5 cm³/mol. The molecule has 0 heterocycles. The van der Waals surface area contributed by atoms with Crippen LogP contribution in [0.5, 0.6) is 0 Å². The van der Waals surface area contributed by atoms with Gasteiger partial charge < -0.3 is 0 Å². The SMILES string of the molecule is CC(C)S(C)(=O)=O.Cc1ccc(S(=O)(=O)C(C)C)cc1. The van der Waals surface area contributed by atoms with Crippen LogP contribution in [0.4, 0.5) is 0 Å². The first-order chi connectivity index (χ1) is 8.89. The lowest BCUT2D eigenvalue weighted by molar-refractivity contribution is 0.587. The summed E-state index contributed by atoms with van der Waals surface area (Å²) in [5.41, 5.74) is 1.07. The first-order valence-electron chi connectivity index (χ1n) is 6.38. The zero-order chi connectivity index (χ0) is 16.1. The van der Waals surface area contributed by atoms with Gasteiger partial charge in [0.1, 0.15) is 9.84 Å². The van der Waals surface area contributed by atoms with Crippen molar-refractivity contribution in [3.63, 3.8) is 0 Å². The number of rotatable bonds is 3. The molecule has 0 aromatic heterocycles. The van der Waals surface area contributed by atoms with Crippen molar-refractivity contribution in [2.45, 2.75) is 50.0 Å². The smallest absolute Gasteiger partial charge is 0.180 e. The average Bonchev–Trinajstić information content (AvgIpc) is 2.28. The molecular formula is C14H24O4S2. The molecule has 0 saturated carbocycles. The standard InChI is InChI=1S/C10H14O2S.C4H10O2S/c1-8(2)13(11,12)10-6-4-9(3)5-7-10;1-4(2)7(3,5)6/h4-8H,1-3H3;4H,1-3H3. The predicted octanol–water partition coefficient (Wildman–Crippen LogP) is 2.62. The molecule has 0 fully saturated rings. The van der Waals surface area contributed by atoms with E-state index in [4.69, 9.17) is 0 Å². The summed E-state index contributed by atoms with van der Waals surface area (Å²) < 4.78 is 43.9. The summed E-state index contributed by atoms with van der Waals surface area (Å²) in [6.07, 6.45) is 1.23. The van der Waals surface area contributed by atoms with Gasteiger partial charge in [-0.25, -0.2) is 16.8 Å². The second-order valence-corrected chi connectivity index (χ2v) is 10.4. The third kappa shape index (κ3) is 6.05. The molecule has 0 atom stereocenters. The van der Waals surface area contributed by atoms with Crippen molar-refractivity contribution >= 4 is 19.7 Å². The molecule has 1 aromatic carbocycles. The molecule has 0 N–H and O–H groups in total. The summed E-state index contributed by atoms with van der Waals surface area (Å²) in [5.74, 6) is 0. The first kappa shape index (κ1) is 19.1. The summed E-state index contributed by atoms with van der Waals surface area (Å²) in [5, 5.41) is -0.581. The summed E-state index contributed by atoms with van der Waals surface area (Å²) in [4.78, 5) is 0.410. The Kier molecular flexibility index (Phi) is 6.90. The van der Waals surface area contributed by atoms with Crippen molar-refractivity contribution in [1.82, 2.24) is 0 Å². The Morgan fingerprint density at radius 1 is 0.800 bits per heavy atom. The van der Waals surface area contributed by atoms with Crippen LogP contribution < -0.4 is 0 Å². The van der Waals surface area contributed by atoms with Gasteiger partial charge in [0, 0.05) is 6.26 Å². The Balaban J connectivity index is 0.000000441. The minimum absolute atomic E-state index is 0.229. The Hall–Kier alpha value is -0.880. The second kappa shape index (κ2) is 7.22. The topological polar surface area (TPSA) is 68.3 Å². The lowest BCUT2D eigenvalue weighted by atomic mass is 10.2. The zero-order valence-corrected chi connectivity index (χ0v) is 14.5. The molecule has 0 aliphatic carbocycles. The van der Waals surface area contributed by atoms with Crippen LogP contribution >= 0.6 is 0 Å². The second-order valence-electron chi connectivity index (χ2n) is 5.29. The van der Waals surface area contributed by atoms with Crippen molar-refractivity contribution in [1.29, 1.82) is 0 Å². The van der Waals surface area contributed by atoms with Crippen LogP contribution in [0.25, 0.3) is 0 Å². The van der Waals surface area contributed by atoms with Crippen molar-refractivity contribution < 1.29 is 16.8 Å². The van der Waals surface area contributed by atoms with Gasteiger partial charge in [-0.1, -0.05) is 17.7 Å². The molecule has 0 unspecified atom stereocenters. The maximum absolute atomic E-state index is 11.6. The Labute approximate surface area is 123 Å². The summed E-state index contributed by atoms with van der Waals surface area (Å²) in [7, 11) is -5.83. The van der Waals surface area contributed by atoms with Crippen LogP contribution in [0.15, 0.2) is 29.2 Å². The fourth-order valence-corrected chi connectivity index (χ4v) is 2.06. The molecule has 1 rings (SSSR count). The molecule has 0 amide bonds. The van der Waals surface area contributed by atoms with Crippen LogP contribution in [0.1, 0.15) is 33.3 Å². The highest BCUT2D eigenvalue weighted by atomic mass is 32.2. The van der Waals surface area contributed by atoms with Gasteiger partial charge in [-0.05, 0) is 46.8 Å². The molecule has 116 valence electrons. The fourth-order valence-electron chi connectivity index (χ4n) is 1.00. The molecule has 0 bridgehead atoms. The number of aryl methyl sites for hydroxylation is 1.